The first-order valence-corrected chi connectivity index (χ1v) is 13.7. The van der Waals surface area contributed by atoms with E-state index in [9.17, 15) is 29.4 Å². The fraction of sp³-hybridized carbons (Fsp3) is 0.846. The molecule has 2 saturated carbocycles. The van der Waals surface area contributed by atoms with Crippen molar-refractivity contribution < 1.29 is 51.1 Å². The van der Waals surface area contributed by atoms with Crippen LogP contribution >= 0.6 is 0 Å². The smallest absolute Gasteiger partial charge is 0.303 e. The van der Waals surface area contributed by atoms with E-state index >= 15 is 0 Å². The summed E-state index contributed by atoms with van der Waals surface area (Å²) in [5, 5.41) is 36.8. The van der Waals surface area contributed by atoms with E-state index in [2.05, 4.69) is 11.5 Å². The number of carbonyl (C=O) groups is 4. The Morgan fingerprint density at radius 3 is 1.45 bits per heavy atom. The Hall–Kier alpha value is -2.28. The van der Waals surface area contributed by atoms with Gasteiger partial charge in [-0.2, -0.15) is 0 Å². The van der Waals surface area contributed by atoms with Crippen LogP contribution in [0.4, 0.5) is 0 Å². The maximum Gasteiger partial charge on any atom is 0.303 e. The van der Waals surface area contributed by atoms with E-state index in [1.807, 2.05) is 0 Å². The van der Waals surface area contributed by atoms with Crippen LogP contribution in [0.2, 0.25) is 0 Å². The average molecular weight is 549 g/mol. The highest BCUT2D eigenvalue weighted by molar-refractivity contribution is 5.68. The molecule has 0 amide bonds. The van der Waals surface area contributed by atoms with Crippen LogP contribution in [0.1, 0.15) is 103 Å². The van der Waals surface area contributed by atoms with E-state index in [1.54, 1.807) is 0 Å². The number of quaternary nitrogens is 2. The van der Waals surface area contributed by atoms with Crippen LogP contribution < -0.4 is 33.1 Å². The van der Waals surface area contributed by atoms with Crippen LogP contribution in [-0.4, -0.2) is 60.3 Å². The number of carbonyl (C=O) groups excluding carboxylic acids is 2. The van der Waals surface area contributed by atoms with Crippen molar-refractivity contribution in [3.63, 3.8) is 0 Å². The molecule has 38 heavy (non-hydrogen) atoms. The second kappa shape index (κ2) is 22.7. The third kappa shape index (κ3) is 20.7. The van der Waals surface area contributed by atoms with Crippen LogP contribution in [0.3, 0.4) is 0 Å². The second-order valence-corrected chi connectivity index (χ2v) is 10.3. The lowest BCUT2D eigenvalue weighted by Crippen LogP contribution is -2.59. The summed E-state index contributed by atoms with van der Waals surface area (Å²) in [6.45, 7) is 2.40. The van der Waals surface area contributed by atoms with Crippen LogP contribution in [0.25, 0.3) is 0 Å². The topological polar surface area (TPSA) is 262 Å². The van der Waals surface area contributed by atoms with Crippen molar-refractivity contribution in [2.24, 2.45) is 22.3 Å². The summed E-state index contributed by atoms with van der Waals surface area (Å²) in [7, 11) is 0. The Labute approximate surface area is 226 Å². The third-order valence-electron chi connectivity index (χ3n) is 7.06. The maximum absolute atomic E-state index is 10.6. The lowest BCUT2D eigenvalue weighted by atomic mass is 9.72. The molecule has 12 heteroatoms. The molecule has 224 valence electrons. The lowest BCUT2D eigenvalue weighted by molar-refractivity contribution is -0.397. The van der Waals surface area contributed by atoms with Crippen molar-refractivity contribution in [1.29, 1.82) is 0 Å². The molecule has 2 aliphatic carbocycles. The summed E-state index contributed by atoms with van der Waals surface area (Å²) < 4.78 is 0. The standard InChI is InChI=1S/2C9H17NO2.2C4H9NO2/c2*10-7-9(6-8(11)12)4-2-1-3-5-9;2*5-3-1-2-4(6)7/h2*1-7,10H2,(H,11,12);2*1-3,5H2,(H,6,7). The molecule has 2 aliphatic rings. The zero-order chi connectivity index (χ0) is 29.5. The van der Waals surface area contributed by atoms with Gasteiger partial charge in [0.2, 0.25) is 0 Å². The molecule has 0 aromatic heterocycles. The largest absolute Gasteiger partial charge is 0.550 e. The Kier molecular flexibility index (Phi) is 22.6. The minimum atomic E-state index is -0.983. The average Bonchev–Trinajstić information content (AvgIpc) is 2.87. The van der Waals surface area contributed by atoms with Crippen LogP contribution in [-0.2, 0) is 19.2 Å². The molecule has 0 spiro atoms. The van der Waals surface area contributed by atoms with Crippen LogP contribution in [0.15, 0.2) is 0 Å². The van der Waals surface area contributed by atoms with Gasteiger partial charge in [0, 0.05) is 30.2 Å². The van der Waals surface area contributed by atoms with E-state index in [-0.39, 0.29) is 36.5 Å². The first kappa shape index (κ1) is 37.9. The number of hydrogen-bond donors (Lipinski definition) is 6. The maximum atomic E-state index is 10.6. The van der Waals surface area contributed by atoms with Gasteiger partial charge in [0.05, 0.1) is 19.5 Å². The molecule has 0 radical (unpaired) electrons. The molecule has 0 bridgehead atoms. The van der Waals surface area contributed by atoms with Crippen molar-refractivity contribution >= 4 is 23.9 Å². The van der Waals surface area contributed by atoms with Gasteiger partial charge in [0.1, 0.15) is 0 Å². The van der Waals surface area contributed by atoms with Gasteiger partial charge in [-0.15, -0.1) is 0 Å². The molecule has 0 aliphatic heterocycles. The summed E-state index contributed by atoms with van der Waals surface area (Å²) in [5.41, 5.74) is 17.8. The molecular weight excluding hydrogens is 496 g/mol. The molecule has 2 rings (SSSR count). The van der Waals surface area contributed by atoms with Gasteiger partial charge in [0.15, 0.2) is 0 Å². The van der Waals surface area contributed by atoms with E-state index in [4.69, 9.17) is 21.7 Å². The molecule has 0 aromatic rings. The van der Waals surface area contributed by atoms with E-state index in [0.29, 0.717) is 32.5 Å². The SMILES string of the molecule is NCC1(CC(=O)O)CCCCC1.NCCCC(=O)O.[NH3+]CC1(CC(=O)[O-])CCCCC1.[NH3+]CCCC(=O)[O-]. The Morgan fingerprint density at radius 2 is 1.18 bits per heavy atom. The third-order valence-corrected chi connectivity index (χ3v) is 7.06. The van der Waals surface area contributed by atoms with Crippen molar-refractivity contribution in [3.8, 4) is 0 Å². The predicted octanol–water partition coefficient (Wildman–Crippen LogP) is -1.74. The van der Waals surface area contributed by atoms with Gasteiger partial charge in [0.25, 0.3) is 0 Å². The predicted molar refractivity (Wildman–Crippen MR) is 138 cm³/mol. The normalized spacial score (nSPS) is 17.2. The summed E-state index contributed by atoms with van der Waals surface area (Å²) >= 11 is 0. The van der Waals surface area contributed by atoms with E-state index in [1.165, 1.54) is 12.8 Å². The molecule has 0 heterocycles. The highest BCUT2D eigenvalue weighted by atomic mass is 16.4. The highest BCUT2D eigenvalue weighted by Gasteiger charge is 2.33. The number of aliphatic carboxylic acids is 4. The van der Waals surface area contributed by atoms with Crippen molar-refractivity contribution in [2.75, 3.05) is 26.2 Å². The van der Waals surface area contributed by atoms with Crippen LogP contribution in [0.5, 0.6) is 0 Å². The molecule has 2 fully saturated rings. The summed E-state index contributed by atoms with van der Waals surface area (Å²) in [6, 6.07) is 0. The van der Waals surface area contributed by atoms with E-state index in [0.717, 1.165) is 57.9 Å². The number of hydrogen-bond acceptors (Lipinski definition) is 8. The van der Waals surface area contributed by atoms with Gasteiger partial charge in [-0.3, -0.25) is 9.59 Å². The second-order valence-electron chi connectivity index (χ2n) is 10.3. The lowest BCUT2D eigenvalue weighted by Gasteiger charge is -2.34. The summed E-state index contributed by atoms with van der Waals surface area (Å²) in [4.78, 5) is 40.4. The van der Waals surface area contributed by atoms with Gasteiger partial charge in [-0.05, 0) is 63.5 Å². The van der Waals surface area contributed by atoms with E-state index < -0.39 is 23.9 Å². The molecular formula is C26H52N4O8. The molecule has 0 atom stereocenters. The van der Waals surface area contributed by atoms with Gasteiger partial charge in [-0.1, -0.05) is 38.5 Å². The zero-order valence-electron chi connectivity index (χ0n) is 23.1. The number of rotatable bonds is 12. The van der Waals surface area contributed by atoms with Crippen molar-refractivity contribution in [1.82, 2.24) is 0 Å². The monoisotopic (exact) mass is 548 g/mol. The first-order chi connectivity index (χ1) is 17.9. The highest BCUT2D eigenvalue weighted by Crippen LogP contribution is 2.38. The molecule has 0 unspecified atom stereocenters. The Balaban J connectivity index is 0. The zero-order valence-corrected chi connectivity index (χ0v) is 23.1. The summed E-state index contributed by atoms with van der Waals surface area (Å²) in [6.07, 6.45) is 13.1. The van der Waals surface area contributed by atoms with Gasteiger partial charge >= 0.3 is 11.9 Å². The Bertz CT molecular complexity index is 608. The van der Waals surface area contributed by atoms with Crippen LogP contribution in [0, 0.1) is 10.8 Å². The molecule has 12 nitrogen and oxygen atoms in total. The van der Waals surface area contributed by atoms with Crippen molar-refractivity contribution in [3.05, 3.63) is 0 Å². The van der Waals surface area contributed by atoms with Gasteiger partial charge in [-0.25, -0.2) is 0 Å². The fourth-order valence-electron chi connectivity index (χ4n) is 4.72. The molecule has 0 saturated heterocycles. The number of carboxylic acids is 4. The first-order valence-electron chi connectivity index (χ1n) is 13.7. The molecule has 12 N–H and O–H groups in total. The minimum Gasteiger partial charge on any atom is -0.550 e. The minimum absolute atomic E-state index is 0.0307. The van der Waals surface area contributed by atoms with Crippen molar-refractivity contribution in [2.45, 2.75) is 103 Å². The van der Waals surface area contributed by atoms with Gasteiger partial charge < -0.3 is 52.9 Å². The quantitative estimate of drug-likeness (QED) is 0.160. The summed E-state index contributed by atoms with van der Waals surface area (Å²) in [5.74, 6) is -3.38. The Morgan fingerprint density at radius 1 is 0.684 bits per heavy atom. The number of carboxylic acid groups (broad SMARTS) is 4. The number of nitrogens with two attached hydrogens (primary N) is 2. The fourth-order valence-corrected chi connectivity index (χ4v) is 4.72. The molecule has 0 aromatic carbocycles.